The summed E-state index contributed by atoms with van der Waals surface area (Å²) in [5.41, 5.74) is 10.5. The van der Waals surface area contributed by atoms with Gasteiger partial charge in [-0.25, -0.2) is 9.97 Å². The van der Waals surface area contributed by atoms with Gasteiger partial charge in [0, 0.05) is 25.1 Å². The van der Waals surface area contributed by atoms with E-state index in [4.69, 9.17) is 15.5 Å². The largest absolute Gasteiger partial charge is 0.497 e. The molecule has 0 amide bonds. The standard InChI is InChI=1S/C25H25BrN6O2/c1-15(33)21-10-28-25(30-23(21)27)32(11-16-3-7-20(34-2)8-4-16)14-19-13-31-12-18(17-5-6-17)9-22(26)24(31)29-19/h3-4,7-10,12-13,17H,5-6,11,14H2,1-2H3,(H2,27,28,30). The molecule has 1 aliphatic carbocycles. The summed E-state index contributed by atoms with van der Waals surface area (Å²) < 4.78 is 8.34. The third kappa shape index (κ3) is 4.61. The first-order chi connectivity index (χ1) is 16.4. The van der Waals surface area contributed by atoms with Gasteiger partial charge in [0.25, 0.3) is 0 Å². The first-order valence-corrected chi connectivity index (χ1v) is 11.9. The van der Waals surface area contributed by atoms with Gasteiger partial charge in [-0.15, -0.1) is 0 Å². The number of ether oxygens (including phenoxy) is 1. The lowest BCUT2D eigenvalue weighted by molar-refractivity contribution is 0.101. The van der Waals surface area contributed by atoms with Crippen LogP contribution in [0.15, 0.2) is 53.4 Å². The van der Waals surface area contributed by atoms with Crippen LogP contribution in [0.1, 0.15) is 52.9 Å². The number of hydrogen-bond acceptors (Lipinski definition) is 7. The molecule has 1 fully saturated rings. The van der Waals surface area contributed by atoms with Gasteiger partial charge >= 0.3 is 0 Å². The maximum atomic E-state index is 11.8. The van der Waals surface area contributed by atoms with Gasteiger partial charge in [0.05, 0.1) is 29.4 Å². The van der Waals surface area contributed by atoms with E-state index < -0.39 is 0 Å². The second-order valence-electron chi connectivity index (χ2n) is 8.59. The molecule has 1 saturated carbocycles. The number of ketones is 1. The van der Waals surface area contributed by atoms with Crippen molar-refractivity contribution in [1.82, 2.24) is 19.4 Å². The van der Waals surface area contributed by atoms with Crippen LogP contribution in [0.25, 0.3) is 5.65 Å². The molecule has 3 heterocycles. The van der Waals surface area contributed by atoms with Gasteiger partial charge in [0.2, 0.25) is 5.95 Å². The zero-order valence-electron chi connectivity index (χ0n) is 19.0. The van der Waals surface area contributed by atoms with Crippen molar-refractivity contribution in [1.29, 1.82) is 0 Å². The molecule has 0 bridgehead atoms. The summed E-state index contributed by atoms with van der Waals surface area (Å²) in [5, 5.41) is 0. The smallest absolute Gasteiger partial charge is 0.227 e. The van der Waals surface area contributed by atoms with Gasteiger partial charge in [-0.05, 0) is 70.9 Å². The van der Waals surface area contributed by atoms with E-state index in [9.17, 15) is 4.79 Å². The fourth-order valence-corrected chi connectivity index (χ4v) is 4.56. The molecular weight excluding hydrogens is 496 g/mol. The third-order valence-electron chi connectivity index (χ3n) is 5.98. The van der Waals surface area contributed by atoms with Crippen LogP contribution in [-0.2, 0) is 13.1 Å². The van der Waals surface area contributed by atoms with Crippen LogP contribution in [0.5, 0.6) is 5.75 Å². The number of nitrogen functional groups attached to an aromatic ring is 1. The Morgan fingerprint density at radius 3 is 2.62 bits per heavy atom. The van der Waals surface area contributed by atoms with E-state index in [1.54, 1.807) is 7.11 Å². The van der Waals surface area contributed by atoms with Gasteiger partial charge in [-0.3, -0.25) is 4.79 Å². The summed E-state index contributed by atoms with van der Waals surface area (Å²) in [6.07, 6.45) is 8.18. The Morgan fingerprint density at radius 2 is 1.97 bits per heavy atom. The summed E-state index contributed by atoms with van der Waals surface area (Å²) >= 11 is 3.68. The summed E-state index contributed by atoms with van der Waals surface area (Å²) in [5.74, 6) is 1.88. The van der Waals surface area contributed by atoms with Crippen LogP contribution < -0.4 is 15.4 Å². The minimum atomic E-state index is -0.164. The average molecular weight is 521 g/mol. The van der Waals surface area contributed by atoms with Crippen molar-refractivity contribution in [3.8, 4) is 5.75 Å². The maximum absolute atomic E-state index is 11.8. The summed E-state index contributed by atoms with van der Waals surface area (Å²) in [4.78, 5) is 27.5. The number of pyridine rings is 1. The number of rotatable bonds is 8. The van der Waals surface area contributed by atoms with Crippen molar-refractivity contribution >= 4 is 39.1 Å². The van der Waals surface area contributed by atoms with Gasteiger partial charge in [-0.2, -0.15) is 4.98 Å². The van der Waals surface area contributed by atoms with Crippen molar-refractivity contribution in [2.75, 3.05) is 17.7 Å². The molecule has 1 aliphatic rings. The zero-order valence-corrected chi connectivity index (χ0v) is 20.6. The van der Waals surface area contributed by atoms with Crippen molar-refractivity contribution in [2.45, 2.75) is 38.8 Å². The number of anilines is 2. The van der Waals surface area contributed by atoms with E-state index in [-0.39, 0.29) is 11.6 Å². The number of carbonyl (C=O) groups excluding carboxylic acids is 1. The van der Waals surface area contributed by atoms with E-state index in [1.165, 1.54) is 31.5 Å². The van der Waals surface area contributed by atoms with Crippen LogP contribution >= 0.6 is 15.9 Å². The van der Waals surface area contributed by atoms with Gasteiger partial charge in [-0.1, -0.05) is 12.1 Å². The van der Waals surface area contributed by atoms with E-state index in [0.29, 0.717) is 30.5 Å². The Balaban J connectivity index is 1.49. The number of Topliss-reactive ketones (excluding diaryl/α,β-unsaturated/α-hetero) is 1. The molecule has 0 radical (unpaired) electrons. The highest BCUT2D eigenvalue weighted by atomic mass is 79.9. The number of fused-ring (bicyclic) bond motifs is 1. The first-order valence-electron chi connectivity index (χ1n) is 11.1. The molecule has 3 aromatic heterocycles. The minimum Gasteiger partial charge on any atom is -0.497 e. The first kappa shape index (κ1) is 22.3. The quantitative estimate of drug-likeness (QED) is 0.334. The second-order valence-corrected chi connectivity index (χ2v) is 9.44. The Morgan fingerprint density at radius 1 is 1.21 bits per heavy atom. The Bertz CT molecular complexity index is 1360. The Labute approximate surface area is 205 Å². The van der Waals surface area contributed by atoms with Crippen molar-refractivity contribution in [3.63, 3.8) is 0 Å². The van der Waals surface area contributed by atoms with Gasteiger partial charge < -0.3 is 19.8 Å². The van der Waals surface area contributed by atoms with Crippen LogP contribution in [0.3, 0.4) is 0 Å². The number of hydrogen-bond donors (Lipinski definition) is 1. The molecule has 8 nitrogen and oxygen atoms in total. The van der Waals surface area contributed by atoms with Crippen LogP contribution in [-0.4, -0.2) is 32.2 Å². The summed E-state index contributed by atoms with van der Waals surface area (Å²) in [6, 6.07) is 10.0. The molecule has 0 spiro atoms. The monoisotopic (exact) mass is 520 g/mol. The highest BCUT2D eigenvalue weighted by Gasteiger charge is 2.25. The number of nitrogens with zero attached hydrogens (tertiary/aromatic N) is 5. The number of aromatic nitrogens is 4. The summed E-state index contributed by atoms with van der Waals surface area (Å²) in [6.45, 7) is 2.46. The molecule has 0 saturated heterocycles. The molecule has 0 unspecified atom stereocenters. The van der Waals surface area contributed by atoms with Crippen LogP contribution in [0.2, 0.25) is 0 Å². The van der Waals surface area contributed by atoms with Crippen molar-refractivity contribution < 1.29 is 9.53 Å². The molecule has 34 heavy (non-hydrogen) atoms. The van der Waals surface area contributed by atoms with Crippen molar-refractivity contribution in [3.05, 3.63) is 75.8 Å². The highest BCUT2D eigenvalue weighted by molar-refractivity contribution is 9.10. The molecular formula is C25H25BrN6O2. The lowest BCUT2D eigenvalue weighted by Gasteiger charge is -2.22. The molecule has 2 N–H and O–H groups in total. The molecule has 4 aromatic rings. The van der Waals surface area contributed by atoms with E-state index in [0.717, 1.165) is 27.1 Å². The predicted molar refractivity (Wildman–Crippen MR) is 134 cm³/mol. The highest BCUT2D eigenvalue weighted by Crippen LogP contribution is 2.41. The van der Waals surface area contributed by atoms with Gasteiger partial charge in [0.1, 0.15) is 11.6 Å². The SMILES string of the molecule is COc1ccc(CN(Cc2cn3cc(C4CC4)cc(Br)c3n2)c2ncc(C(C)=O)c(N)n2)cc1. The third-order valence-corrected chi connectivity index (χ3v) is 6.56. The zero-order chi connectivity index (χ0) is 23.8. The minimum absolute atomic E-state index is 0.164. The molecule has 174 valence electrons. The molecule has 9 heteroatoms. The van der Waals surface area contributed by atoms with Crippen LogP contribution in [0, 0.1) is 0 Å². The van der Waals surface area contributed by atoms with Crippen molar-refractivity contribution in [2.24, 2.45) is 0 Å². The normalized spacial score (nSPS) is 13.3. The molecule has 0 atom stereocenters. The number of halogens is 1. The summed E-state index contributed by atoms with van der Waals surface area (Å²) in [7, 11) is 1.64. The lowest BCUT2D eigenvalue weighted by Crippen LogP contribution is -2.25. The second kappa shape index (κ2) is 9.06. The topological polar surface area (TPSA) is 98.6 Å². The number of carbonyl (C=O) groups is 1. The number of nitrogens with two attached hydrogens (primary N) is 1. The fourth-order valence-electron chi connectivity index (χ4n) is 4.00. The maximum Gasteiger partial charge on any atom is 0.227 e. The number of benzene rings is 1. The predicted octanol–water partition coefficient (Wildman–Crippen LogP) is 4.76. The fraction of sp³-hybridized carbons (Fsp3) is 0.280. The Hall–Kier alpha value is -3.46. The number of methoxy groups -OCH3 is 1. The Kier molecular flexibility index (Phi) is 5.95. The molecule has 5 rings (SSSR count). The van der Waals surface area contributed by atoms with Crippen LogP contribution in [0.4, 0.5) is 11.8 Å². The van der Waals surface area contributed by atoms with E-state index in [1.807, 2.05) is 35.4 Å². The molecule has 0 aliphatic heterocycles. The molecule has 1 aromatic carbocycles. The van der Waals surface area contributed by atoms with E-state index in [2.05, 4.69) is 42.6 Å². The lowest BCUT2D eigenvalue weighted by atomic mass is 10.2. The van der Waals surface area contributed by atoms with Gasteiger partial charge in [0.15, 0.2) is 11.4 Å². The van der Waals surface area contributed by atoms with E-state index >= 15 is 0 Å². The number of imidazole rings is 1. The average Bonchev–Trinajstić information content (AvgIpc) is 3.59.